The summed E-state index contributed by atoms with van der Waals surface area (Å²) in [5, 5.41) is 1.34. The van der Waals surface area contributed by atoms with E-state index in [4.69, 9.17) is 0 Å². The highest BCUT2D eigenvalue weighted by molar-refractivity contribution is 5.99. The van der Waals surface area contributed by atoms with Gasteiger partial charge in [-0.05, 0) is 47.6 Å². The second kappa shape index (κ2) is 7.13. The highest BCUT2D eigenvalue weighted by Crippen LogP contribution is 2.42. The Hall–Kier alpha value is -2.85. The summed E-state index contributed by atoms with van der Waals surface area (Å²) < 4.78 is 0. The zero-order valence-electron chi connectivity index (χ0n) is 17.2. The molecule has 1 fully saturated rings. The molecule has 0 saturated carbocycles. The van der Waals surface area contributed by atoms with Gasteiger partial charge in [-0.1, -0.05) is 48.5 Å². The SMILES string of the molecule is O=C(C1C=C2c3cccc4[nH]cc(c34)CC2N(Cc2ccccc2)C1)N1CCCC1. The van der Waals surface area contributed by atoms with Crippen molar-refractivity contribution in [2.24, 2.45) is 5.92 Å². The molecule has 4 heteroatoms. The van der Waals surface area contributed by atoms with Crippen LogP contribution in [-0.4, -0.2) is 46.4 Å². The van der Waals surface area contributed by atoms with E-state index in [1.807, 2.05) is 0 Å². The second-order valence-corrected chi connectivity index (χ2v) is 8.94. The smallest absolute Gasteiger partial charge is 0.230 e. The molecule has 3 aromatic rings. The zero-order valence-corrected chi connectivity index (χ0v) is 17.2. The molecule has 2 aliphatic heterocycles. The predicted octanol–water partition coefficient (Wildman–Crippen LogP) is 4.23. The molecule has 1 saturated heterocycles. The number of aromatic amines is 1. The van der Waals surface area contributed by atoms with Crippen LogP contribution in [0, 0.1) is 5.92 Å². The summed E-state index contributed by atoms with van der Waals surface area (Å²) in [6.45, 7) is 3.51. The quantitative estimate of drug-likeness (QED) is 0.718. The Kier molecular flexibility index (Phi) is 4.27. The zero-order chi connectivity index (χ0) is 20.1. The van der Waals surface area contributed by atoms with Gasteiger partial charge in [0.2, 0.25) is 5.91 Å². The summed E-state index contributed by atoms with van der Waals surface area (Å²) in [4.78, 5) is 21.4. The average Bonchev–Trinajstić information content (AvgIpc) is 3.46. The Morgan fingerprint density at radius 2 is 1.87 bits per heavy atom. The van der Waals surface area contributed by atoms with E-state index in [1.54, 1.807) is 0 Å². The van der Waals surface area contributed by atoms with Gasteiger partial charge in [0, 0.05) is 49.3 Å². The minimum Gasteiger partial charge on any atom is -0.361 e. The standard InChI is InChI=1S/C26H27N3O/c30-26(28-11-4-5-12-28)20-13-22-21-9-6-10-23-25(21)19(15-27-23)14-24(22)29(17-20)16-18-7-2-1-3-8-18/h1-3,6-10,13,15,20,24,27H,4-5,11-12,14,16-17H2. The fourth-order valence-corrected chi connectivity index (χ4v) is 5.64. The molecule has 1 aliphatic carbocycles. The molecule has 2 unspecified atom stereocenters. The van der Waals surface area contributed by atoms with E-state index in [9.17, 15) is 4.79 Å². The van der Waals surface area contributed by atoms with Crippen LogP contribution in [-0.2, 0) is 17.8 Å². The number of hydrogen-bond acceptors (Lipinski definition) is 2. The van der Waals surface area contributed by atoms with E-state index in [0.717, 1.165) is 45.4 Å². The Morgan fingerprint density at radius 3 is 2.70 bits per heavy atom. The number of H-pyrrole nitrogens is 1. The van der Waals surface area contributed by atoms with Crippen molar-refractivity contribution in [2.75, 3.05) is 19.6 Å². The Morgan fingerprint density at radius 1 is 1.03 bits per heavy atom. The first-order chi connectivity index (χ1) is 14.8. The molecule has 0 bridgehead atoms. The highest BCUT2D eigenvalue weighted by atomic mass is 16.2. The van der Waals surface area contributed by atoms with Crippen LogP contribution in [0.3, 0.4) is 0 Å². The molecular formula is C26H27N3O. The maximum atomic E-state index is 13.4. The Labute approximate surface area is 177 Å². The maximum absolute atomic E-state index is 13.4. The molecule has 1 aromatic heterocycles. The Balaban J connectivity index is 1.43. The van der Waals surface area contributed by atoms with Crippen molar-refractivity contribution in [1.82, 2.24) is 14.8 Å². The van der Waals surface area contributed by atoms with E-state index >= 15 is 0 Å². The largest absolute Gasteiger partial charge is 0.361 e. The van der Waals surface area contributed by atoms with Gasteiger partial charge in [-0.3, -0.25) is 9.69 Å². The third-order valence-corrected chi connectivity index (χ3v) is 7.09. The Bertz CT molecular complexity index is 1120. The minimum absolute atomic E-state index is 0.0613. The third kappa shape index (κ3) is 2.90. The monoisotopic (exact) mass is 397 g/mol. The molecule has 3 aliphatic rings. The van der Waals surface area contributed by atoms with Gasteiger partial charge in [0.1, 0.15) is 0 Å². The summed E-state index contributed by atoms with van der Waals surface area (Å²) in [7, 11) is 0. The van der Waals surface area contributed by atoms with Gasteiger partial charge in [0.15, 0.2) is 0 Å². The number of nitrogens with zero attached hydrogens (tertiary/aromatic N) is 2. The van der Waals surface area contributed by atoms with Crippen LogP contribution >= 0.6 is 0 Å². The van der Waals surface area contributed by atoms with Gasteiger partial charge in [0.05, 0.1) is 5.92 Å². The molecule has 6 rings (SSSR count). The van der Waals surface area contributed by atoms with Gasteiger partial charge >= 0.3 is 0 Å². The van der Waals surface area contributed by atoms with E-state index in [2.05, 4.69) is 75.6 Å². The van der Waals surface area contributed by atoms with Crippen molar-refractivity contribution in [3.05, 3.63) is 77.5 Å². The molecule has 0 spiro atoms. The molecule has 0 radical (unpaired) electrons. The first-order valence-electron chi connectivity index (χ1n) is 11.2. The lowest BCUT2D eigenvalue weighted by atomic mass is 9.79. The number of fused-ring (bicyclic) bond motifs is 2. The number of carbonyl (C=O) groups excluding carboxylic acids is 1. The molecule has 30 heavy (non-hydrogen) atoms. The number of hydrogen-bond donors (Lipinski definition) is 1. The average molecular weight is 398 g/mol. The van der Waals surface area contributed by atoms with Gasteiger partial charge in [0.25, 0.3) is 0 Å². The third-order valence-electron chi connectivity index (χ3n) is 7.09. The summed E-state index contributed by atoms with van der Waals surface area (Å²) >= 11 is 0. The molecule has 2 aromatic carbocycles. The summed E-state index contributed by atoms with van der Waals surface area (Å²) in [5.41, 5.74) is 6.54. The summed E-state index contributed by atoms with van der Waals surface area (Å²) in [6.07, 6.45) is 7.75. The molecular weight excluding hydrogens is 370 g/mol. The predicted molar refractivity (Wildman–Crippen MR) is 120 cm³/mol. The van der Waals surface area contributed by atoms with Gasteiger partial charge in [-0.25, -0.2) is 0 Å². The molecule has 3 heterocycles. The number of rotatable bonds is 3. The highest BCUT2D eigenvalue weighted by Gasteiger charge is 2.38. The van der Waals surface area contributed by atoms with E-state index in [-0.39, 0.29) is 5.92 Å². The van der Waals surface area contributed by atoms with Crippen molar-refractivity contribution in [1.29, 1.82) is 0 Å². The maximum Gasteiger partial charge on any atom is 0.230 e. The topological polar surface area (TPSA) is 39.3 Å². The van der Waals surface area contributed by atoms with Crippen LogP contribution in [0.1, 0.15) is 29.5 Å². The van der Waals surface area contributed by atoms with Gasteiger partial charge < -0.3 is 9.88 Å². The van der Waals surface area contributed by atoms with Crippen molar-refractivity contribution in [3.63, 3.8) is 0 Å². The lowest BCUT2D eigenvalue weighted by Gasteiger charge is -2.42. The molecule has 152 valence electrons. The number of likely N-dealkylation sites (tertiary alicyclic amines) is 1. The number of aromatic nitrogens is 1. The van der Waals surface area contributed by atoms with Crippen molar-refractivity contribution in [2.45, 2.75) is 31.8 Å². The normalized spacial score (nSPS) is 23.5. The van der Waals surface area contributed by atoms with Crippen LogP contribution < -0.4 is 0 Å². The number of benzene rings is 2. The van der Waals surface area contributed by atoms with Crippen LogP contribution in [0.15, 0.2) is 60.8 Å². The van der Waals surface area contributed by atoms with E-state index < -0.39 is 0 Å². The summed E-state index contributed by atoms with van der Waals surface area (Å²) in [5.74, 6) is 0.248. The molecule has 1 N–H and O–H groups in total. The number of carbonyl (C=O) groups is 1. The van der Waals surface area contributed by atoms with Gasteiger partial charge in [-0.15, -0.1) is 0 Å². The van der Waals surface area contributed by atoms with Gasteiger partial charge in [-0.2, -0.15) is 0 Å². The van der Waals surface area contributed by atoms with Crippen LogP contribution in [0.25, 0.3) is 16.5 Å². The van der Waals surface area contributed by atoms with E-state index in [0.29, 0.717) is 11.9 Å². The first kappa shape index (κ1) is 18.0. The fourth-order valence-electron chi connectivity index (χ4n) is 5.64. The second-order valence-electron chi connectivity index (χ2n) is 8.94. The van der Waals surface area contributed by atoms with Crippen molar-refractivity contribution < 1.29 is 4.79 Å². The molecule has 4 nitrogen and oxygen atoms in total. The fraction of sp³-hybridized carbons (Fsp3) is 0.346. The van der Waals surface area contributed by atoms with Crippen LogP contribution in [0.2, 0.25) is 0 Å². The molecule has 1 amide bonds. The lowest BCUT2D eigenvalue weighted by Crippen LogP contribution is -2.48. The number of nitrogens with one attached hydrogen (secondary N) is 1. The lowest BCUT2D eigenvalue weighted by molar-refractivity contribution is -0.133. The molecule has 2 atom stereocenters. The number of amides is 1. The van der Waals surface area contributed by atoms with E-state index in [1.165, 1.54) is 33.2 Å². The summed E-state index contributed by atoms with van der Waals surface area (Å²) in [6, 6.07) is 17.5. The van der Waals surface area contributed by atoms with Crippen LogP contribution in [0.4, 0.5) is 0 Å². The first-order valence-corrected chi connectivity index (χ1v) is 11.2. The van der Waals surface area contributed by atoms with Crippen molar-refractivity contribution >= 4 is 22.4 Å². The minimum atomic E-state index is -0.0613. The van der Waals surface area contributed by atoms with Crippen molar-refractivity contribution in [3.8, 4) is 0 Å². The van der Waals surface area contributed by atoms with Crippen LogP contribution in [0.5, 0.6) is 0 Å².